The fourth-order valence-corrected chi connectivity index (χ4v) is 5.83. The van der Waals surface area contributed by atoms with Crippen molar-refractivity contribution >= 4 is 35.6 Å². The highest BCUT2D eigenvalue weighted by atomic mass is 32.2. The van der Waals surface area contributed by atoms with Gasteiger partial charge in [0, 0.05) is 24.4 Å². The lowest BCUT2D eigenvalue weighted by Crippen LogP contribution is -2.54. The number of carbonyl (C=O) groups is 4. The Balaban J connectivity index is 3.00. The number of amides is 4. The van der Waals surface area contributed by atoms with Crippen LogP contribution in [0, 0.1) is 24.7 Å². The quantitative estimate of drug-likeness (QED) is 0.0994. The third-order valence-electron chi connectivity index (χ3n) is 8.49. The molecule has 1 aromatic rings. The number of carbonyl (C=O) groups excluding carboxylic acids is 4. The number of nitrogens with zero attached hydrogens (tertiary/aromatic N) is 2. The third kappa shape index (κ3) is 16.2. The maximum Gasteiger partial charge on any atom is 0.409 e. The second-order valence-electron chi connectivity index (χ2n) is 12.9. The Morgan fingerprint density at radius 1 is 0.957 bits per heavy atom. The summed E-state index contributed by atoms with van der Waals surface area (Å²) in [6, 6.07) is -0.409. The number of thioether (sulfide) groups is 1. The number of hydrogen-bond acceptors (Lipinski definition) is 8. The van der Waals surface area contributed by atoms with E-state index in [1.165, 1.54) is 4.68 Å². The minimum Gasteiger partial charge on any atom is -0.426 e. The van der Waals surface area contributed by atoms with Gasteiger partial charge in [-0.15, -0.1) is 0 Å². The molecule has 4 amide bonds. The molecular weight excluding hydrogens is 620 g/mol. The van der Waals surface area contributed by atoms with E-state index in [4.69, 9.17) is 4.74 Å². The van der Waals surface area contributed by atoms with Crippen molar-refractivity contribution in [1.29, 1.82) is 0 Å². The van der Waals surface area contributed by atoms with Crippen LogP contribution < -0.4 is 21.3 Å². The number of hydrogen-bond donors (Lipinski definition) is 5. The topological polar surface area (TPSA) is 164 Å². The molecule has 0 aromatic carbocycles. The van der Waals surface area contributed by atoms with Crippen LogP contribution in [0.15, 0.2) is 12.3 Å². The molecule has 270 valence electrons. The maximum atomic E-state index is 13.6. The van der Waals surface area contributed by atoms with Crippen LogP contribution in [0.1, 0.15) is 105 Å². The molecule has 0 bridgehead atoms. The minimum absolute atomic E-state index is 0.0871. The SMILES string of the molecule is CCCCCNC(=O)[C@@H](NC(=O)[C@H](C)C[C@H](O)[C@H](CC(CC)CCC)NC(=O)[C@H](CCSC)NC(=O)OCn1nccc1C)C(C)C. The highest BCUT2D eigenvalue weighted by Crippen LogP contribution is 2.22. The van der Waals surface area contributed by atoms with Crippen molar-refractivity contribution in [2.45, 2.75) is 137 Å². The second-order valence-corrected chi connectivity index (χ2v) is 13.8. The first-order valence-corrected chi connectivity index (χ1v) is 18.7. The van der Waals surface area contributed by atoms with Gasteiger partial charge in [-0.3, -0.25) is 14.4 Å². The van der Waals surface area contributed by atoms with Crippen molar-refractivity contribution < 1.29 is 29.0 Å². The Bertz CT molecular complexity index is 1070. The standard InChI is InChI=1S/C34H62N6O6S/c1-9-12-13-17-35-33(44)30(23(4)5)39-31(42)24(6)20-29(41)28(21-26(11-3)14-10-2)37-32(43)27(16-19-47-8)38-34(45)46-22-40-25(7)15-18-36-40/h15,18,23-24,26-30,41H,9-14,16-17,19-22H2,1-8H3,(H,35,44)(H,37,43)(H,38,45)(H,39,42)/t24-,26?,27+,28+,29+,30+/m1/s1. The van der Waals surface area contributed by atoms with E-state index in [0.717, 1.165) is 44.2 Å². The average Bonchev–Trinajstić information content (AvgIpc) is 3.45. The largest absolute Gasteiger partial charge is 0.426 e. The second kappa shape index (κ2) is 23.5. The predicted octanol–water partition coefficient (Wildman–Crippen LogP) is 4.53. The summed E-state index contributed by atoms with van der Waals surface area (Å²) < 4.78 is 6.84. The van der Waals surface area contributed by atoms with Crippen molar-refractivity contribution in [2.24, 2.45) is 17.8 Å². The molecule has 1 rings (SSSR count). The molecule has 0 aliphatic rings. The molecule has 0 fully saturated rings. The minimum atomic E-state index is -1.03. The van der Waals surface area contributed by atoms with Crippen LogP contribution in [0.25, 0.3) is 0 Å². The van der Waals surface area contributed by atoms with E-state index in [1.54, 1.807) is 30.9 Å². The Morgan fingerprint density at radius 2 is 1.68 bits per heavy atom. The van der Waals surface area contributed by atoms with Gasteiger partial charge in [-0.25, -0.2) is 9.48 Å². The van der Waals surface area contributed by atoms with Gasteiger partial charge in [0.15, 0.2) is 6.73 Å². The number of rotatable bonds is 24. The Morgan fingerprint density at radius 3 is 2.26 bits per heavy atom. The molecule has 1 heterocycles. The fourth-order valence-electron chi connectivity index (χ4n) is 5.35. The van der Waals surface area contributed by atoms with Gasteiger partial charge < -0.3 is 31.1 Å². The van der Waals surface area contributed by atoms with Crippen molar-refractivity contribution in [3.05, 3.63) is 18.0 Å². The number of unbranched alkanes of at least 4 members (excludes halogenated alkanes) is 2. The van der Waals surface area contributed by atoms with E-state index < -0.39 is 42.1 Å². The first kappa shape index (κ1) is 42.2. The van der Waals surface area contributed by atoms with E-state index in [0.29, 0.717) is 25.1 Å². The Labute approximate surface area is 286 Å². The lowest BCUT2D eigenvalue weighted by atomic mass is 9.87. The molecule has 1 unspecified atom stereocenters. The summed E-state index contributed by atoms with van der Waals surface area (Å²) in [4.78, 5) is 52.4. The zero-order chi connectivity index (χ0) is 35.4. The number of nitrogens with one attached hydrogen (secondary N) is 4. The molecule has 47 heavy (non-hydrogen) atoms. The summed E-state index contributed by atoms with van der Waals surface area (Å²) in [5.74, 6) is -0.811. The van der Waals surface area contributed by atoms with Crippen LogP contribution in [0.3, 0.4) is 0 Å². The normalized spacial score (nSPS) is 15.2. The monoisotopic (exact) mass is 682 g/mol. The molecule has 1 aromatic heterocycles. The summed E-state index contributed by atoms with van der Waals surface area (Å²) >= 11 is 1.55. The molecule has 0 aliphatic carbocycles. The lowest BCUT2D eigenvalue weighted by molar-refractivity contribution is -0.132. The zero-order valence-corrected chi connectivity index (χ0v) is 30.8. The first-order chi connectivity index (χ1) is 22.4. The van der Waals surface area contributed by atoms with Crippen molar-refractivity contribution in [2.75, 3.05) is 18.6 Å². The summed E-state index contributed by atoms with van der Waals surface area (Å²) in [7, 11) is 0. The Hall–Kier alpha value is -2.80. The lowest BCUT2D eigenvalue weighted by Gasteiger charge is -2.31. The number of ether oxygens (including phenoxy) is 1. The van der Waals surface area contributed by atoms with E-state index in [2.05, 4.69) is 47.1 Å². The maximum absolute atomic E-state index is 13.6. The van der Waals surface area contributed by atoms with E-state index in [-0.39, 0.29) is 36.8 Å². The number of alkyl carbamates (subject to hydrolysis) is 1. The highest BCUT2D eigenvalue weighted by molar-refractivity contribution is 7.98. The van der Waals surface area contributed by atoms with Crippen LogP contribution in [-0.2, 0) is 25.9 Å². The van der Waals surface area contributed by atoms with Gasteiger partial charge in [0.1, 0.15) is 12.1 Å². The molecule has 0 saturated heterocycles. The molecule has 0 spiro atoms. The molecule has 5 N–H and O–H groups in total. The van der Waals surface area contributed by atoms with Gasteiger partial charge in [-0.05, 0) is 62.5 Å². The highest BCUT2D eigenvalue weighted by Gasteiger charge is 2.32. The van der Waals surface area contributed by atoms with Crippen molar-refractivity contribution in [3.63, 3.8) is 0 Å². The van der Waals surface area contributed by atoms with E-state index in [9.17, 15) is 24.3 Å². The third-order valence-corrected chi connectivity index (χ3v) is 9.13. The van der Waals surface area contributed by atoms with Gasteiger partial charge >= 0.3 is 6.09 Å². The van der Waals surface area contributed by atoms with Gasteiger partial charge in [0.05, 0.1) is 12.1 Å². The fraction of sp³-hybridized carbons (Fsp3) is 0.794. The Kier molecular flexibility index (Phi) is 21.1. The molecular formula is C34H62N6O6S. The summed E-state index contributed by atoms with van der Waals surface area (Å²) in [5.41, 5.74) is 0.831. The summed E-state index contributed by atoms with van der Waals surface area (Å²) in [5, 5.41) is 27.1. The van der Waals surface area contributed by atoms with Crippen LogP contribution in [0.5, 0.6) is 0 Å². The number of aliphatic hydroxyl groups excluding tert-OH is 1. The average molecular weight is 683 g/mol. The van der Waals surface area contributed by atoms with Gasteiger partial charge in [0.2, 0.25) is 17.7 Å². The van der Waals surface area contributed by atoms with Gasteiger partial charge in [0.25, 0.3) is 0 Å². The van der Waals surface area contributed by atoms with Crippen LogP contribution in [-0.4, -0.2) is 81.5 Å². The number of aromatic nitrogens is 2. The molecule has 6 atom stereocenters. The predicted molar refractivity (Wildman–Crippen MR) is 188 cm³/mol. The van der Waals surface area contributed by atoms with Crippen LogP contribution >= 0.6 is 11.8 Å². The van der Waals surface area contributed by atoms with Gasteiger partial charge in [-0.2, -0.15) is 16.9 Å². The van der Waals surface area contributed by atoms with Gasteiger partial charge in [-0.1, -0.05) is 73.6 Å². The zero-order valence-electron chi connectivity index (χ0n) is 30.0. The van der Waals surface area contributed by atoms with Crippen LogP contribution in [0.2, 0.25) is 0 Å². The molecule has 12 nitrogen and oxygen atoms in total. The molecule has 0 saturated carbocycles. The molecule has 13 heteroatoms. The number of aliphatic hydroxyl groups is 1. The summed E-state index contributed by atoms with van der Waals surface area (Å²) in [6.07, 6.45) is 8.47. The first-order valence-electron chi connectivity index (χ1n) is 17.3. The van der Waals surface area contributed by atoms with E-state index >= 15 is 0 Å². The van der Waals surface area contributed by atoms with Crippen LogP contribution in [0.4, 0.5) is 4.79 Å². The smallest absolute Gasteiger partial charge is 0.409 e. The van der Waals surface area contributed by atoms with Crippen molar-refractivity contribution in [3.8, 4) is 0 Å². The molecule has 0 radical (unpaired) electrons. The summed E-state index contributed by atoms with van der Waals surface area (Å²) in [6.45, 7) is 14.1. The molecule has 0 aliphatic heterocycles. The van der Waals surface area contributed by atoms with Crippen molar-refractivity contribution in [1.82, 2.24) is 31.0 Å². The number of aryl methyl sites for hydroxylation is 1. The van der Waals surface area contributed by atoms with E-state index in [1.807, 2.05) is 27.0 Å².